The summed E-state index contributed by atoms with van der Waals surface area (Å²) in [4.78, 5) is 11.6. The maximum absolute atomic E-state index is 11.6. The van der Waals surface area contributed by atoms with Gasteiger partial charge in [-0.3, -0.25) is 4.79 Å². The summed E-state index contributed by atoms with van der Waals surface area (Å²) >= 11 is 0. The van der Waals surface area contributed by atoms with Gasteiger partial charge in [-0.25, -0.2) is 0 Å². The maximum Gasteiger partial charge on any atom is 0.181 e. The molecule has 4 nitrogen and oxygen atoms in total. The first-order chi connectivity index (χ1) is 7.74. The van der Waals surface area contributed by atoms with Gasteiger partial charge < -0.3 is 15.5 Å². The molecule has 1 aromatic carbocycles. The Morgan fingerprint density at radius 2 is 2.06 bits per heavy atom. The van der Waals surface area contributed by atoms with E-state index in [-0.39, 0.29) is 18.9 Å². The molecule has 0 heterocycles. The van der Waals surface area contributed by atoms with Crippen molar-refractivity contribution in [1.29, 1.82) is 0 Å². The van der Waals surface area contributed by atoms with Crippen LogP contribution in [-0.2, 0) is 0 Å². The summed E-state index contributed by atoms with van der Waals surface area (Å²) in [6.45, 7) is -0.163. The van der Waals surface area contributed by atoms with Gasteiger partial charge in [0.05, 0.1) is 19.3 Å². The second kappa shape index (κ2) is 6.76. The quantitative estimate of drug-likeness (QED) is 0.605. The molecule has 0 radical (unpaired) electrons. The van der Waals surface area contributed by atoms with Crippen molar-refractivity contribution in [3.63, 3.8) is 0 Å². The fraction of sp³-hybridized carbons (Fsp3) is 0.250. The smallest absolute Gasteiger partial charge is 0.181 e. The number of carbonyl (C=O) groups excluding carboxylic acids is 1. The van der Waals surface area contributed by atoms with Crippen LogP contribution in [0.1, 0.15) is 10.4 Å². The molecule has 0 bridgehead atoms. The van der Waals surface area contributed by atoms with Crippen molar-refractivity contribution in [3.8, 4) is 0 Å². The SMILES string of the molecule is O=C(CNC=CC(O)CO)c1ccccc1. The highest BCUT2D eigenvalue weighted by Gasteiger charge is 2.02. The molecule has 0 aliphatic carbocycles. The number of benzene rings is 1. The van der Waals surface area contributed by atoms with Gasteiger partial charge in [0.25, 0.3) is 0 Å². The Balaban J connectivity index is 2.34. The van der Waals surface area contributed by atoms with Crippen molar-refractivity contribution >= 4 is 5.78 Å². The Bertz CT molecular complexity index is 349. The predicted molar refractivity (Wildman–Crippen MR) is 61.0 cm³/mol. The Morgan fingerprint density at radius 1 is 1.38 bits per heavy atom. The molecule has 1 atom stereocenters. The highest BCUT2D eigenvalue weighted by molar-refractivity contribution is 5.97. The van der Waals surface area contributed by atoms with Gasteiger partial charge in [0.2, 0.25) is 0 Å². The molecule has 0 fully saturated rings. The Kier molecular flexibility index (Phi) is 5.25. The molecule has 0 aliphatic rings. The topological polar surface area (TPSA) is 69.6 Å². The van der Waals surface area contributed by atoms with E-state index >= 15 is 0 Å². The lowest BCUT2D eigenvalue weighted by Crippen LogP contribution is -2.19. The average Bonchev–Trinajstić information content (AvgIpc) is 2.35. The molecule has 1 aromatic rings. The summed E-state index contributed by atoms with van der Waals surface area (Å²) in [5, 5.41) is 20.3. The molecular weight excluding hydrogens is 206 g/mol. The molecule has 1 rings (SSSR count). The van der Waals surface area contributed by atoms with Crippen LogP contribution in [0.15, 0.2) is 42.6 Å². The molecule has 0 saturated heterocycles. The van der Waals surface area contributed by atoms with E-state index in [0.29, 0.717) is 5.56 Å². The molecule has 0 amide bonds. The molecule has 1 unspecified atom stereocenters. The van der Waals surface area contributed by atoms with E-state index in [1.807, 2.05) is 6.07 Å². The van der Waals surface area contributed by atoms with Gasteiger partial charge in [0.1, 0.15) is 0 Å². The number of nitrogens with one attached hydrogen (secondary N) is 1. The standard InChI is InChI=1S/C12H15NO3/c14-9-11(15)6-7-13-8-12(16)10-4-2-1-3-5-10/h1-7,11,13-15H,8-9H2. The van der Waals surface area contributed by atoms with E-state index in [9.17, 15) is 4.79 Å². The van der Waals surface area contributed by atoms with Crippen LogP contribution in [-0.4, -0.2) is 35.3 Å². The van der Waals surface area contributed by atoms with Crippen LogP contribution >= 0.6 is 0 Å². The highest BCUT2D eigenvalue weighted by Crippen LogP contribution is 1.98. The van der Waals surface area contributed by atoms with Crippen molar-refractivity contribution < 1.29 is 15.0 Å². The van der Waals surface area contributed by atoms with E-state index in [4.69, 9.17) is 10.2 Å². The molecule has 0 aliphatic heterocycles. The van der Waals surface area contributed by atoms with E-state index < -0.39 is 6.10 Å². The summed E-state index contributed by atoms with van der Waals surface area (Å²) in [6, 6.07) is 8.95. The van der Waals surface area contributed by atoms with E-state index in [2.05, 4.69) is 5.32 Å². The number of Topliss-reactive ketones (excluding diaryl/α,β-unsaturated/α-hetero) is 1. The maximum atomic E-state index is 11.6. The van der Waals surface area contributed by atoms with Crippen molar-refractivity contribution in [2.45, 2.75) is 6.10 Å². The third-order valence-electron chi connectivity index (χ3n) is 1.98. The van der Waals surface area contributed by atoms with Crippen LogP contribution in [0.4, 0.5) is 0 Å². The van der Waals surface area contributed by atoms with Crippen molar-refractivity contribution in [2.75, 3.05) is 13.2 Å². The normalized spacial score (nSPS) is 12.6. The van der Waals surface area contributed by atoms with Gasteiger partial charge in [-0.05, 0) is 12.3 Å². The van der Waals surface area contributed by atoms with E-state index in [0.717, 1.165) is 0 Å². The monoisotopic (exact) mass is 221 g/mol. The fourth-order valence-corrected chi connectivity index (χ4v) is 1.12. The van der Waals surface area contributed by atoms with Crippen LogP contribution in [0.2, 0.25) is 0 Å². The number of carbonyl (C=O) groups is 1. The fourth-order valence-electron chi connectivity index (χ4n) is 1.12. The highest BCUT2D eigenvalue weighted by atomic mass is 16.3. The minimum Gasteiger partial charge on any atom is -0.393 e. The van der Waals surface area contributed by atoms with Crippen LogP contribution in [0.5, 0.6) is 0 Å². The summed E-state index contributed by atoms with van der Waals surface area (Å²) in [7, 11) is 0. The third-order valence-corrected chi connectivity index (χ3v) is 1.98. The zero-order valence-electron chi connectivity index (χ0n) is 8.84. The lowest BCUT2D eigenvalue weighted by molar-refractivity contribution is 0.0994. The molecule has 3 N–H and O–H groups in total. The Labute approximate surface area is 94.2 Å². The van der Waals surface area contributed by atoms with Gasteiger partial charge >= 0.3 is 0 Å². The summed E-state index contributed by atoms with van der Waals surface area (Å²) in [5.41, 5.74) is 0.645. The average molecular weight is 221 g/mol. The van der Waals surface area contributed by atoms with Crippen LogP contribution in [0, 0.1) is 0 Å². The van der Waals surface area contributed by atoms with Gasteiger partial charge in [-0.1, -0.05) is 30.3 Å². The number of hydrogen-bond acceptors (Lipinski definition) is 4. The Morgan fingerprint density at radius 3 is 2.69 bits per heavy atom. The number of rotatable bonds is 6. The molecule has 4 heteroatoms. The van der Waals surface area contributed by atoms with Crippen molar-refractivity contribution in [3.05, 3.63) is 48.2 Å². The van der Waals surface area contributed by atoms with Crippen molar-refractivity contribution in [1.82, 2.24) is 5.32 Å². The molecule has 16 heavy (non-hydrogen) atoms. The zero-order valence-corrected chi connectivity index (χ0v) is 8.84. The first-order valence-corrected chi connectivity index (χ1v) is 5.01. The molecule has 0 aromatic heterocycles. The van der Waals surface area contributed by atoms with Crippen LogP contribution < -0.4 is 5.32 Å². The molecular formula is C12H15NO3. The molecule has 0 spiro atoms. The van der Waals surface area contributed by atoms with Gasteiger partial charge in [0.15, 0.2) is 5.78 Å². The van der Waals surface area contributed by atoms with Gasteiger partial charge in [-0.2, -0.15) is 0 Å². The first kappa shape index (κ1) is 12.4. The molecule has 0 saturated carbocycles. The lowest BCUT2D eigenvalue weighted by atomic mass is 10.1. The molecule has 86 valence electrons. The van der Waals surface area contributed by atoms with Gasteiger partial charge in [0, 0.05) is 5.56 Å². The number of ketones is 1. The zero-order chi connectivity index (χ0) is 11.8. The number of aliphatic hydroxyl groups is 2. The summed E-state index contributed by atoms with van der Waals surface area (Å²) in [5.74, 6) is -0.0243. The van der Waals surface area contributed by atoms with Gasteiger partial charge in [-0.15, -0.1) is 0 Å². The second-order valence-electron chi connectivity index (χ2n) is 3.28. The summed E-state index contributed by atoms with van der Waals surface area (Å²) in [6.07, 6.45) is 1.96. The summed E-state index contributed by atoms with van der Waals surface area (Å²) < 4.78 is 0. The largest absolute Gasteiger partial charge is 0.393 e. The minimum atomic E-state index is -0.890. The predicted octanol–water partition coefficient (Wildman–Crippen LogP) is 0.326. The Hall–Kier alpha value is -1.65. The third kappa shape index (κ3) is 4.25. The number of aliphatic hydroxyl groups excluding tert-OH is 2. The lowest BCUT2D eigenvalue weighted by Gasteiger charge is -2.02. The van der Waals surface area contributed by atoms with Crippen LogP contribution in [0.3, 0.4) is 0 Å². The minimum absolute atomic E-state index is 0.0243. The van der Waals surface area contributed by atoms with E-state index in [1.165, 1.54) is 12.3 Å². The van der Waals surface area contributed by atoms with E-state index in [1.54, 1.807) is 24.3 Å². The van der Waals surface area contributed by atoms with Crippen LogP contribution in [0.25, 0.3) is 0 Å². The second-order valence-corrected chi connectivity index (χ2v) is 3.28. The first-order valence-electron chi connectivity index (χ1n) is 5.01. The number of hydrogen-bond donors (Lipinski definition) is 3. The van der Waals surface area contributed by atoms with Crippen molar-refractivity contribution in [2.24, 2.45) is 0 Å².